The van der Waals surface area contributed by atoms with E-state index in [4.69, 9.17) is 0 Å². The zero-order valence-corrected chi connectivity index (χ0v) is 17.8. The fourth-order valence-electron chi connectivity index (χ4n) is 3.26. The number of nitrogens with zero attached hydrogens (tertiary/aromatic N) is 3. The molecule has 2 heterocycles. The van der Waals surface area contributed by atoms with Gasteiger partial charge in [0.15, 0.2) is 5.16 Å². The SMILES string of the molecule is Cn1c(SCC(=O)NC(C)(C#N)C2CC2)nc2sc(-c3ccccc3)cc2c1=O. The van der Waals surface area contributed by atoms with Gasteiger partial charge in [0.25, 0.3) is 5.56 Å². The van der Waals surface area contributed by atoms with Crippen LogP contribution in [0.1, 0.15) is 19.8 Å². The topological polar surface area (TPSA) is 87.8 Å². The average molecular weight is 425 g/mol. The van der Waals surface area contributed by atoms with Gasteiger partial charge in [0.05, 0.1) is 17.2 Å². The first kappa shape index (κ1) is 19.7. The van der Waals surface area contributed by atoms with Gasteiger partial charge in [-0.15, -0.1) is 11.3 Å². The molecule has 148 valence electrons. The summed E-state index contributed by atoms with van der Waals surface area (Å²) in [6.07, 6.45) is 1.93. The molecule has 0 bridgehead atoms. The predicted octanol–water partition coefficient (Wildman–Crippen LogP) is 3.56. The summed E-state index contributed by atoms with van der Waals surface area (Å²) >= 11 is 2.68. The lowest BCUT2D eigenvalue weighted by Gasteiger charge is -2.22. The second-order valence-electron chi connectivity index (χ2n) is 7.38. The maximum atomic E-state index is 12.8. The highest BCUT2D eigenvalue weighted by Crippen LogP contribution is 2.39. The van der Waals surface area contributed by atoms with Crippen LogP contribution >= 0.6 is 23.1 Å². The summed E-state index contributed by atoms with van der Waals surface area (Å²) in [6, 6.07) is 14.0. The van der Waals surface area contributed by atoms with E-state index in [0.29, 0.717) is 15.4 Å². The summed E-state index contributed by atoms with van der Waals surface area (Å²) < 4.78 is 1.48. The fraction of sp³-hybridized carbons (Fsp3) is 0.333. The third kappa shape index (κ3) is 3.93. The van der Waals surface area contributed by atoms with Crippen molar-refractivity contribution < 1.29 is 4.79 Å². The molecule has 3 aromatic rings. The highest BCUT2D eigenvalue weighted by atomic mass is 32.2. The molecule has 4 rings (SSSR count). The smallest absolute Gasteiger partial charge is 0.262 e. The maximum Gasteiger partial charge on any atom is 0.262 e. The molecule has 6 nitrogen and oxygen atoms in total. The van der Waals surface area contributed by atoms with Crippen molar-refractivity contribution in [2.24, 2.45) is 13.0 Å². The first-order chi connectivity index (χ1) is 13.9. The molecular formula is C21H20N4O2S2. The number of fused-ring (bicyclic) bond motifs is 1. The van der Waals surface area contributed by atoms with Crippen molar-refractivity contribution in [3.05, 3.63) is 46.8 Å². The first-order valence-corrected chi connectivity index (χ1v) is 11.1. The van der Waals surface area contributed by atoms with E-state index >= 15 is 0 Å². The molecule has 0 aliphatic heterocycles. The van der Waals surface area contributed by atoms with Crippen LogP contribution in [0.25, 0.3) is 20.7 Å². The molecule has 0 radical (unpaired) electrons. The van der Waals surface area contributed by atoms with E-state index in [1.807, 2.05) is 36.4 Å². The number of benzene rings is 1. The lowest BCUT2D eigenvalue weighted by atomic mass is 9.98. The van der Waals surface area contributed by atoms with Gasteiger partial charge in [-0.3, -0.25) is 14.2 Å². The van der Waals surface area contributed by atoms with Crippen LogP contribution in [0.15, 0.2) is 46.3 Å². The number of hydrogen-bond acceptors (Lipinski definition) is 6. The standard InChI is InChI=1S/C21H20N4O2S2/c1-21(12-22,14-8-9-14)24-17(26)11-28-20-23-18-15(19(27)25(20)2)10-16(29-18)13-6-4-3-5-7-13/h3-7,10,14H,8-9,11H2,1-2H3,(H,24,26). The van der Waals surface area contributed by atoms with Crippen LogP contribution in [0.3, 0.4) is 0 Å². The van der Waals surface area contributed by atoms with E-state index in [0.717, 1.165) is 23.3 Å². The van der Waals surface area contributed by atoms with Crippen molar-refractivity contribution >= 4 is 39.2 Å². The van der Waals surface area contributed by atoms with E-state index in [1.54, 1.807) is 14.0 Å². The van der Waals surface area contributed by atoms with E-state index in [2.05, 4.69) is 16.4 Å². The summed E-state index contributed by atoms with van der Waals surface area (Å²) in [6.45, 7) is 1.77. The van der Waals surface area contributed by atoms with Crippen LogP contribution in [0.4, 0.5) is 0 Å². The molecule has 1 aliphatic carbocycles. The van der Waals surface area contributed by atoms with Gasteiger partial charge in [-0.05, 0) is 37.3 Å². The summed E-state index contributed by atoms with van der Waals surface area (Å²) in [4.78, 5) is 31.4. The second kappa shape index (κ2) is 7.65. The molecule has 29 heavy (non-hydrogen) atoms. The summed E-state index contributed by atoms with van der Waals surface area (Å²) in [7, 11) is 1.67. The van der Waals surface area contributed by atoms with Crippen molar-refractivity contribution in [2.45, 2.75) is 30.5 Å². The number of hydrogen-bond donors (Lipinski definition) is 1. The molecule has 2 aromatic heterocycles. The number of rotatable bonds is 6. The normalized spacial score (nSPS) is 15.6. The summed E-state index contributed by atoms with van der Waals surface area (Å²) in [5.74, 6) is 0.103. The van der Waals surface area contributed by atoms with Crippen molar-refractivity contribution in [3.8, 4) is 16.5 Å². The van der Waals surface area contributed by atoms with Crippen LogP contribution in [0, 0.1) is 17.2 Å². The van der Waals surface area contributed by atoms with Crippen LogP contribution in [0.2, 0.25) is 0 Å². The Bertz CT molecular complexity index is 1180. The third-order valence-corrected chi connectivity index (χ3v) is 7.26. The number of thioether (sulfide) groups is 1. The van der Waals surface area contributed by atoms with Crippen molar-refractivity contribution in [1.82, 2.24) is 14.9 Å². The predicted molar refractivity (Wildman–Crippen MR) is 116 cm³/mol. The van der Waals surface area contributed by atoms with Gasteiger partial charge in [0.2, 0.25) is 5.91 Å². The lowest BCUT2D eigenvalue weighted by molar-refractivity contribution is -0.119. The molecule has 1 atom stereocenters. The number of nitriles is 1. The highest BCUT2D eigenvalue weighted by molar-refractivity contribution is 7.99. The number of amides is 1. The molecule has 0 spiro atoms. The Balaban J connectivity index is 1.55. The molecule has 0 saturated heterocycles. The minimum absolute atomic E-state index is 0.104. The van der Waals surface area contributed by atoms with Gasteiger partial charge in [0.1, 0.15) is 10.4 Å². The number of nitrogens with one attached hydrogen (secondary N) is 1. The third-order valence-electron chi connectivity index (χ3n) is 5.15. The lowest BCUT2D eigenvalue weighted by Crippen LogP contribution is -2.47. The van der Waals surface area contributed by atoms with Gasteiger partial charge in [-0.1, -0.05) is 42.1 Å². The van der Waals surface area contributed by atoms with Crippen LogP contribution < -0.4 is 10.9 Å². The molecule has 8 heteroatoms. The Hall–Kier alpha value is -2.63. The van der Waals surface area contributed by atoms with E-state index in [-0.39, 0.29) is 23.1 Å². The van der Waals surface area contributed by atoms with Gasteiger partial charge in [-0.25, -0.2) is 4.98 Å². The zero-order chi connectivity index (χ0) is 20.6. The van der Waals surface area contributed by atoms with Gasteiger partial charge < -0.3 is 5.32 Å². The van der Waals surface area contributed by atoms with Gasteiger partial charge >= 0.3 is 0 Å². The quantitative estimate of drug-likeness (QED) is 0.483. The summed E-state index contributed by atoms with van der Waals surface area (Å²) in [5, 5.41) is 13.3. The number of aromatic nitrogens is 2. The van der Waals surface area contributed by atoms with Crippen molar-refractivity contribution in [2.75, 3.05) is 5.75 Å². The Morgan fingerprint density at radius 1 is 1.41 bits per heavy atom. The molecule has 1 aromatic carbocycles. The van der Waals surface area contributed by atoms with Crippen molar-refractivity contribution in [3.63, 3.8) is 0 Å². The maximum absolute atomic E-state index is 12.8. The second-order valence-corrected chi connectivity index (χ2v) is 9.35. The molecule has 1 fully saturated rings. The van der Waals surface area contributed by atoms with Crippen LogP contribution in [-0.2, 0) is 11.8 Å². The van der Waals surface area contributed by atoms with Crippen LogP contribution in [-0.4, -0.2) is 26.8 Å². The van der Waals surface area contributed by atoms with Crippen molar-refractivity contribution in [1.29, 1.82) is 5.26 Å². The van der Waals surface area contributed by atoms with E-state index in [9.17, 15) is 14.9 Å². The van der Waals surface area contributed by atoms with E-state index < -0.39 is 5.54 Å². The molecule has 1 aliphatic rings. The largest absolute Gasteiger partial charge is 0.337 e. The number of thiophene rings is 1. The Morgan fingerprint density at radius 2 is 2.14 bits per heavy atom. The zero-order valence-electron chi connectivity index (χ0n) is 16.1. The number of carbonyl (C=O) groups excluding carboxylic acids is 1. The monoisotopic (exact) mass is 424 g/mol. The Kier molecular flexibility index (Phi) is 5.19. The summed E-state index contributed by atoms with van der Waals surface area (Å²) in [5.41, 5.74) is 0.0948. The molecular weight excluding hydrogens is 404 g/mol. The molecule has 1 unspecified atom stereocenters. The molecule has 1 saturated carbocycles. The first-order valence-electron chi connectivity index (χ1n) is 9.32. The van der Waals surface area contributed by atoms with Gasteiger partial charge in [-0.2, -0.15) is 5.26 Å². The minimum Gasteiger partial charge on any atom is -0.337 e. The highest BCUT2D eigenvalue weighted by Gasteiger charge is 2.42. The Morgan fingerprint density at radius 3 is 2.79 bits per heavy atom. The van der Waals surface area contributed by atoms with E-state index in [1.165, 1.54) is 27.7 Å². The van der Waals surface area contributed by atoms with Crippen LogP contribution in [0.5, 0.6) is 0 Å². The number of carbonyl (C=O) groups is 1. The molecule has 1 amide bonds. The minimum atomic E-state index is -0.820. The average Bonchev–Trinajstić information content (AvgIpc) is 3.50. The van der Waals surface area contributed by atoms with Gasteiger partial charge in [0, 0.05) is 11.9 Å². The Labute approximate surface area is 176 Å². The molecule has 1 N–H and O–H groups in total. The fourth-order valence-corrected chi connectivity index (χ4v) is 5.11.